The van der Waals surface area contributed by atoms with E-state index in [0.717, 1.165) is 16.0 Å². The highest BCUT2D eigenvalue weighted by molar-refractivity contribution is 8.00. The van der Waals surface area contributed by atoms with Gasteiger partial charge in [-0.25, -0.2) is 4.79 Å². The number of nitrogens with zero attached hydrogens (tertiary/aromatic N) is 1. The van der Waals surface area contributed by atoms with Gasteiger partial charge in [-0.15, -0.1) is 0 Å². The summed E-state index contributed by atoms with van der Waals surface area (Å²) in [5.41, 5.74) is 4.56. The van der Waals surface area contributed by atoms with Gasteiger partial charge in [0.25, 0.3) is 0 Å². The van der Waals surface area contributed by atoms with Crippen LogP contribution >= 0.6 is 11.9 Å². The summed E-state index contributed by atoms with van der Waals surface area (Å²) in [5, 5.41) is 9.14. The van der Waals surface area contributed by atoms with E-state index in [1.807, 2.05) is 6.20 Å². The lowest BCUT2D eigenvalue weighted by Crippen LogP contribution is -2.04. The Balaban J connectivity index is 1.46. The van der Waals surface area contributed by atoms with Gasteiger partial charge in [0.05, 0.1) is 18.4 Å². The van der Waals surface area contributed by atoms with Crippen molar-refractivity contribution in [1.82, 2.24) is 4.98 Å². The van der Waals surface area contributed by atoms with Crippen LogP contribution < -0.4 is 9.46 Å². The maximum atomic E-state index is 11.2. The standard InChI is InChI=1S/C25H26N2O3S/c1-30-24-14-20(25(28)29)11-12-23(24)27-31-22-13-21(15-26-16-22)19-9-7-18(8-10-19)17-5-3-2-4-6-17/h7-17,27H,2-6H2,1H3,(H,28,29). The van der Waals surface area contributed by atoms with Crippen LogP contribution in [0.25, 0.3) is 11.1 Å². The number of carboxylic acid groups (broad SMARTS) is 1. The molecule has 1 heterocycles. The second-order valence-electron chi connectivity index (χ2n) is 7.79. The van der Waals surface area contributed by atoms with Gasteiger partial charge in [-0.1, -0.05) is 43.5 Å². The Morgan fingerprint density at radius 2 is 1.81 bits per heavy atom. The number of ether oxygens (including phenoxy) is 1. The van der Waals surface area contributed by atoms with Gasteiger partial charge in [0.2, 0.25) is 0 Å². The van der Waals surface area contributed by atoms with E-state index in [4.69, 9.17) is 9.84 Å². The molecule has 1 aliphatic carbocycles. The topological polar surface area (TPSA) is 71.5 Å². The molecule has 0 radical (unpaired) electrons. The van der Waals surface area contributed by atoms with Crippen molar-refractivity contribution < 1.29 is 14.6 Å². The Morgan fingerprint density at radius 3 is 2.52 bits per heavy atom. The number of rotatable bonds is 7. The van der Waals surface area contributed by atoms with Gasteiger partial charge >= 0.3 is 5.97 Å². The molecule has 4 rings (SSSR count). The number of hydrogen-bond acceptors (Lipinski definition) is 5. The third-order valence-electron chi connectivity index (χ3n) is 5.76. The van der Waals surface area contributed by atoms with Crippen LogP contribution in [0, 0.1) is 0 Å². The van der Waals surface area contributed by atoms with Crippen LogP contribution in [0.2, 0.25) is 0 Å². The summed E-state index contributed by atoms with van der Waals surface area (Å²) in [6.07, 6.45) is 10.3. The molecule has 31 heavy (non-hydrogen) atoms. The van der Waals surface area contributed by atoms with Crippen molar-refractivity contribution in [2.75, 3.05) is 11.8 Å². The van der Waals surface area contributed by atoms with Gasteiger partial charge < -0.3 is 14.6 Å². The van der Waals surface area contributed by atoms with Crippen LogP contribution in [-0.2, 0) is 0 Å². The van der Waals surface area contributed by atoms with Crippen LogP contribution in [0.15, 0.2) is 65.8 Å². The highest BCUT2D eigenvalue weighted by Crippen LogP contribution is 2.34. The predicted octanol–water partition coefficient (Wildman–Crippen LogP) is 6.62. The summed E-state index contributed by atoms with van der Waals surface area (Å²) in [6, 6.07) is 15.8. The lowest BCUT2D eigenvalue weighted by molar-refractivity contribution is 0.0696. The molecule has 0 amide bonds. The van der Waals surface area contributed by atoms with Crippen LogP contribution in [0.3, 0.4) is 0 Å². The van der Waals surface area contributed by atoms with E-state index in [9.17, 15) is 4.79 Å². The van der Waals surface area contributed by atoms with Crippen molar-refractivity contribution in [2.24, 2.45) is 0 Å². The predicted molar refractivity (Wildman–Crippen MR) is 125 cm³/mol. The second kappa shape index (κ2) is 9.88. The zero-order valence-electron chi connectivity index (χ0n) is 17.5. The number of carboxylic acids is 1. The third kappa shape index (κ3) is 5.20. The van der Waals surface area contributed by atoms with Crippen molar-refractivity contribution in [2.45, 2.75) is 42.9 Å². The van der Waals surface area contributed by atoms with Crippen molar-refractivity contribution >= 4 is 23.6 Å². The van der Waals surface area contributed by atoms with E-state index < -0.39 is 5.97 Å². The minimum absolute atomic E-state index is 0.188. The van der Waals surface area contributed by atoms with E-state index in [1.165, 1.54) is 62.8 Å². The molecule has 2 aromatic carbocycles. The first-order chi connectivity index (χ1) is 15.1. The minimum atomic E-state index is -0.982. The summed E-state index contributed by atoms with van der Waals surface area (Å²) < 4.78 is 8.56. The molecule has 0 spiro atoms. The normalized spacial score (nSPS) is 14.2. The Bertz CT molecular complexity index is 1050. The number of pyridine rings is 1. The fraction of sp³-hybridized carbons (Fsp3) is 0.280. The van der Waals surface area contributed by atoms with Gasteiger partial charge in [-0.3, -0.25) is 4.98 Å². The number of aromatic carboxylic acids is 1. The van der Waals surface area contributed by atoms with Gasteiger partial charge in [0, 0.05) is 22.9 Å². The number of nitrogens with one attached hydrogen (secondary N) is 1. The zero-order valence-corrected chi connectivity index (χ0v) is 18.3. The Hall–Kier alpha value is -2.99. The van der Waals surface area contributed by atoms with E-state index in [2.05, 4.69) is 40.0 Å². The highest BCUT2D eigenvalue weighted by atomic mass is 32.2. The number of benzene rings is 2. The maximum absolute atomic E-state index is 11.2. The summed E-state index contributed by atoms with van der Waals surface area (Å²) in [7, 11) is 1.52. The summed E-state index contributed by atoms with van der Waals surface area (Å²) in [5.74, 6) is 0.202. The molecule has 1 fully saturated rings. The number of hydrogen-bond donors (Lipinski definition) is 2. The summed E-state index contributed by atoms with van der Waals surface area (Å²) >= 11 is 1.41. The maximum Gasteiger partial charge on any atom is 0.335 e. The SMILES string of the molecule is COc1cc(C(=O)O)ccc1NSc1cncc(-c2ccc(C3CCCCC3)cc2)c1. The lowest BCUT2D eigenvalue weighted by atomic mass is 9.84. The van der Waals surface area contributed by atoms with Crippen LogP contribution in [-0.4, -0.2) is 23.2 Å². The fourth-order valence-electron chi connectivity index (χ4n) is 4.04. The van der Waals surface area contributed by atoms with E-state index in [-0.39, 0.29) is 5.56 Å². The number of carbonyl (C=O) groups is 1. The molecule has 1 aromatic heterocycles. The lowest BCUT2D eigenvalue weighted by Gasteiger charge is -2.22. The Kier molecular flexibility index (Phi) is 6.77. The van der Waals surface area contributed by atoms with Crippen molar-refractivity contribution in [3.05, 3.63) is 72.1 Å². The number of aromatic nitrogens is 1. The fourth-order valence-corrected chi connectivity index (χ4v) is 4.73. The van der Waals surface area contributed by atoms with Crippen LogP contribution in [0.4, 0.5) is 5.69 Å². The molecule has 0 aliphatic heterocycles. The Labute approximate surface area is 187 Å². The van der Waals surface area contributed by atoms with Gasteiger partial charge in [-0.2, -0.15) is 0 Å². The number of methoxy groups -OCH3 is 1. The average molecular weight is 435 g/mol. The van der Waals surface area contributed by atoms with Crippen molar-refractivity contribution in [3.63, 3.8) is 0 Å². The van der Waals surface area contributed by atoms with Gasteiger partial charge in [0.1, 0.15) is 5.75 Å². The third-order valence-corrected chi connectivity index (χ3v) is 6.54. The summed E-state index contributed by atoms with van der Waals surface area (Å²) in [6.45, 7) is 0. The molecule has 0 atom stereocenters. The van der Waals surface area contributed by atoms with E-state index >= 15 is 0 Å². The quantitative estimate of drug-likeness (QED) is 0.407. The van der Waals surface area contributed by atoms with Gasteiger partial charge in [0.15, 0.2) is 0 Å². The van der Waals surface area contributed by atoms with Crippen LogP contribution in [0.5, 0.6) is 5.75 Å². The molecule has 1 saturated carbocycles. The molecule has 2 N–H and O–H groups in total. The smallest absolute Gasteiger partial charge is 0.335 e. The molecule has 0 bridgehead atoms. The van der Waals surface area contributed by atoms with Crippen molar-refractivity contribution in [3.8, 4) is 16.9 Å². The van der Waals surface area contributed by atoms with Gasteiger partial charge in [-0.05, 0) is 66.1 Å². The summed E-state index contributed by atoms with van der Waals surface area (Å²) in [4.78, 5) is 16.5. The molecule has 6 heteroatoms. The zero-order chi connectivity index (χ0) is 21.6. The second-order valence-corrected chi connectivity index (χ2v) is 8.67. The molecular formula is C25H26N2O3S. The molecule has 0 saturated heterocycles. The highest BCUT2D eigenvalue weighted by Gasteiger charge is 2.15. The largest absolute Gasteiger partial charge is 0.495 e. The van der Waals surface area contributed by atoms with Crippen molar-refractivity contribution in [1.29, 1.82) is 0 Å². The molecule has 3 aromatic rings. The first-order valence-corrected chi connectivity index (χ1v) is 11.4. The minimum Gasteiger partial charge on any atom is -0.495 e. The number of anilines is 1. The molecule has 160 valence electrons. The monoisotopic (exact) mass is 434 g/mol. The molecular weight excluding hydrogens is 408 g/mol. The van der Waals surface area contributed by atoms with E-state index in [0.29, 0.717) is 17.4 Å². The van der Waals surface area contributed by atoms with E-state index in [1.54, 1.807) is 18.3 Å². The first-order valence-electron chi connectivity index (χ1n) is 10.5. The molecule has 0 unspecified atom stereocenters. The average Bonchev–Trinajstić information content (AvgIpc) is 2.83. The first kappa shape index (κ1) is 21.2. The molecule has 5 nitrogen and oxygen atoms in total. The Morgan fingerprint density at radius 1 is 1.03 bits per heavy atom. The van der Waals surface area contributed by atoms with Crippen LogP contribution in [0.1, 0.15) is 53.9 Å². The molecule has 1 aliphatic rings.